The number of carbonyl (C=O) groups excluding carboxylic acids is 3. The first-order valence-corrected chi connectivity index (χ1v) is 14.9. The summed E-state index contributed by atoms with van der Waals surface area (Å²) < 4.78 is 0. The maximum atomic E-state index is 13.9. The van der Waals surface area contributed by atoms with E-state index in [2.05, 4.69) is 30.9 Å². The van der Waals surface area contributed by atoms with Crippen LogP contribution in [0.2, 0.25) is 0 Å². The first-order valence-electron chi connectivity index (χ1n) is 14.9. The lowest BCUT2D eigenvalue weighted by Gasteiger charge is -2.25. The first kappa shape index (κ1) is 32.9. The Hall–Kier alpha value is -5.01. The number of aromatic amines is 2. The van der Waals surface area contributed by atoms with Gasteiger partial charge in [-0.25, -0.2) is 9.78 Å². The van der Waals surface area contributed by atoms with Gasteiger partial charge in [-0.3, -0.25) is 14.4 Å². The molecule has 10 N–H and O–H groups in total. The maximum Gasteiger partial charge on any atom is 0.326 e. The molecule has 4 atom stereocenters. The summed E-state index contributed by atoms with van der Waals surface area (Å²) in [6, 6.07) is 12.5. The van der Waals surface area contributed by atoms with Crippen LogP contribution >= 0.6 is 0 Å². The monoisotopic (exact) mass is 616 g/mol. The van der Waals surface area contributed by atoms with Gasteiger partial charge in [-0.05, 0) is 49.4 Å². The number of rotatable bonds is 17. The molecule has 2 aromatic heterocycles. The van der Waals surface area contributed by atoms with Crippen LogP contribution < -0.4 is 27.4 Å². The minimum atomic E-state index is -1.19. The van der Waals surface area contributed by atoms with Crippen molar-refractivity contribution < 1.29 is 24.3 Å². The largest absolute Gasteiger partial charge is 0.480 e. The Kier molecular flexibility index (Phi) is 11.8. The van der Waals surface area contributed by atoms with Gasteiger partial charge >= 0.3 is 5.97 Å². The number of amides is 3. The number of fused-ring (bicyclic) bond motifs is 1. The number of hydrogen-bond donors (Lipinski definition) is 8. The number of carbonyl (C=O) groups is 4. The lowest BCUT2D eigenvalue weighted by atomic mass is 10.0. The smallest absolute Gasteiger partial charge is 0.326 e. The van der Waals surface area contributed by atoms with Gasteiger partial charge in [0.1, 0.15) is 18.1 Å². The Labute approximate surface area is 260 Å². The molecule has 0 saturated heterocycles. The normalized spacial score (nSPS) is 13.8. The average Bonchev–Trinajstić information content (AvgIpc) is 3.70. The second kappa shape index (κ2) is 16.2. The van der Waals surface area contributed by atoms with E-state index in [-0.39, 0.29) is 25.7 Å². The van der Waals surface area contributed by atoms with Gasteiger partial charge in [0.2, 0.25) is 17.7 Å². The molecule has 0 aliphatic rings. The Bertz CT molecular complexity index is 1560. The quantitative estimate of drug-likeness (QED) is 0.0795. The Morgan fingerprint density at radius 1 is 0.800 bits per heavy atom. The van der Waals surface area contributed by atoms with Crippen LogP contribution in [0, 0.1) is 0 Å². The van der Waals surface area contributed by atoms with E-state index in [1.54, 1.807) is 6.20 Å². The van der Waals surface area contributed by atoms with Crippen molar-refractivity contribution in [1.82, 2.24) is 30.9 Å². The zero-order valence-corrected chi connectivity index (χ0v) is 24.9. The fraction of sp³-hybridized carbons (Fsp3) is 0.344. The second-order valence-electron chi connectivity index (χ2n) is 10.9. The lowest BCUT2D eigenvalue weighted by molar-refractivity contribution is -0.142. The minimum absolute atomic E-state index is 0.00792. The van der Waals surface area contributed by atoms with Gasteiger partial charge in [0, 0.05) is 41.8 Å². The van der Waals surface area contributed by atoms with Crippen LogP contribution in [0.25, 0.3) is 10.9 Å². The van der Waals surface area contributed by atoms with E-state index < -0.39 is 47.9 Å². The van der Waals surface area contributed by atoms with Gasteiger partial charge < -0.3 is 42.5 Å². The van der Waals surface area contributed by atoms with E-state index in [4.69, 9.17) is 11.5 Å². The molecule has 2 aromatic carbocycles. The number of carboxylic acid groups (broad SMARTS) is 1. The van der Waals surface area contributed by atoms with Gasteiger partial charge in [-0.15, -0.1) is 0 Å². The maximum absolute atomic E-state index is 13.9. The Morgan fingerprint density at radius 2 is 1.47 bits per heavy atom. The van der Waals surface area contributed by atoms with Gasteiger partial charge in [0.15, 0.2) is 0 Å². The topological polar surface area (TPSA) is 221 Å². The van der Waals surface area contributed by atoms with E-state index in [1.165, 1.54) is 12.5 Å². The van der Waals surface area contributed by atoms with Crippen molar-refractivity contribution in [2.24, 2.45) is 11.5 Å². The molecule has 0 spiro atoms. The highest BCUT2D eigenvalue weighted by Crippen LogP contribution is 2.19. The van der Waals surface area contributed by atoms with E-state index in [0.29, 0.717) is 25.1 Å². The number of para-hydroxylation sites is 1. The minimum Gasteiger partial charge on any atom is -0.480 e. The fourth-order valence-corrected chi connectivity index (χ4v) is 5.09. The van der Waals surface area contributed by atoms with E-state index in [9.17, 15) is 24.3 Å². The number of hydrogen-bond acceptors (Lipinski definition) is 7. The molecule has 4 unspecified atom stereocenters. The second-order valence-corrected chi connectivity index (χ2v) is 10.9. The summed E-state index contributed by atoms with van der Waals surface area (Å²) in [7, 11) is 0. The van der Waals surface area contributed by atoms with Crippen LogP contribution in [0.15, 0.2) is 73.3 Å². The fourth-order valence-electron chi connectivity index (χ4n) is 5.09. The molecule has 0 radical (unpaired) electrons. The third kappa shape index (κ3) is 9.49. The molecule has 0 aliphatic carbocycles. The predicted molar refractivity (Wildman–Crippen MR) is 169 cm³/mol. The van der Waals surface area contributed by atoms with Crippen LogP contribution in [0.5, 0.6) is 0 Å². The van der Waals surface area contributed by atoms with Gasteiger partial charge in [0.25, 0.3) is 0 Å². The van der Waals surface area contributed by atoms with Crippen molar-refractivity contribution in [2.45, 2.75) is 62.7 Å². The highest BCUT2D eigenvalue weighted by atomic mass is 16.4. The molecule has 4 aromatic rings. The number of nitrogens with two attached hydrogens (primary N) is 2. The van der Waals surface area contributed by atoms with Crippen molar-refractivity contribution in [3.05, 3.63) is 90.1 Å². The molecule has 0 saturated carbocycles. The molecule has 13 heteroatoms. The number of nitrogens with zero attached hydrogens (tertiary/aromatic N) is 1. The number of carboxylic acids is 1. The van der Waals surface area contributed by atoms with E-state index in [0.717, 1.165) is 22.0 Å². The average molecular weight is 617 g/mol. The molecular formula is C32H40N8O5. The van der Waals surface area contributed by atoms with Crippen molar-refractivity contribution in [3.8, 4) is 0 Å². The molecule has 3 amide bonds. The molecule has 0 bridgehead atoms. The van der Waals surface area contributed by atoms with Gasteiger partial charge in [-0.1, -0.05) is 48.5 Å². The molecule has 13 nitrogen and oxygen atoms in total. The predicted octanol–water partition coefficient (Wildman–Crippen LogP) is 0.914. The highest BCUT2D eigenvalue weighted by Gasteiger charge is 2.31. The number of aliphatic carboxylic acids is 1. The van der Waals surface area contributed by atoms with Gasteiger partial charge in [-0.2, -0.15) is 0 Å². The zero-order chi connectivity index (χ0) is 32.2. The summed E-state index contributed by atoms with van der Waals surface area (Å²) in [6.45, 7) is 0.400. The third-order valence-corrected chi connectivity index (χ3v) is 7.54. The van der Waals surface area contributed by atoms with E-state index in [1.807, 2.05) is 54.6 Å². The van der Waals surface area contributed by atoms with Crippen LogP contribution in [-0.4, -0.2) is 74.5 Å². The highest BCUT2D eigenvalue weighted by molar-refractivity contribution is 5.95. The number of benzene rings is 2. The number of unbranched alkanes of at least 4 members (excludes halogenated alkanes) is 1. The van der Waals surface area contributed by atoms with Crippen molar-refractivity contribution in [3.63, 3.8) is 0 Å². The van der Waals surface area contributed by atoms with Crippen molar-refractivity contribution >= 4 is 34.6 Å². The number of H-pyrrole nitrogens is 2. The van der Waals surface area contributed by atoms with Crippen molar-refractivity contribution in [1.29, 1.82) is 0 Å². The molecule has 0 fully saturated rings. The third-order valence-electron chi connectivity index (χ3n) is 7.54. The molecule has 0 aliphatic heterocycles. The SMILES string of the molecule is NCCCCC(NC(=O)C(Cc1cnc[nH]1)NC(=O)C(Cc1c[nH]c2ccccc12)NC(=O)C(N)Cc1ccccc1)C(=O)O. The summed E-state index contributed by atoms with van der Waals surface area (Å²) >= 11 is 0. The van der Waals surface area contributed by atoms with Gasteiger partial charge in [0.05, 0.1) is 12.4 Å². The summed E-state index contributed by atoms with van der Waals surface area (Å²) in [5.74, 6) is -3.03. The molecule has 238 valence electrons. The Balaban J connectivity index is 1.55. The summed E-state index contributed by atoms with van der Waals surface area (Å²) in [4.78, 5) is 62.6. The molecule has 4 rings (SSSR count). The number of imidazole rings is 1. The summed E-state index contributed by atoms with van der Waals surface area (Å²) in [5.41, 5.74) is 14.8. The van der Waals surface area contributed by atoms with E-state index >= 15 is 0 Å². The summed E-state index contributed by atoms with van der Waals surface area (Å²) in [6.07, 6.45) is 6.39. The number of aromatic nitrogens is 3. The van der Waals surface area contributed by atoms with Crippen LogP contribution in [0.1, 0.15) is 36.1 Å². The van der Waals surface area contributed by atoms with Crippen LogP contribution in [0.4, 0.5) is 0 Å². The van der Waals surface area contributed by atoms with Crippen LogP contribution in [0.3, 0.4) is 0 Å². The molecule has 45 heavy (non-hydrogen) atoms. The molecular weight excluding hydrogens is 576 g/mol. The summed E-state index contributed by atoms with van der Waals surface area (Å²) in [5, 5.41) is 18.7. The lowest BCUT2D eigenvalue weighted by Crippen LogP contribution is -2.58. The van der Waals surface area contributed by atoms with Crippen molar-refractivity contribution in [2.75, 3.05) is 6.54 Å². The first-order chi connectivity index (χ1) is 21.7. The molecule has 2 heterocycles. The Morgan fingerprint density at radius 3 is 2.16 bits per heavy atom. The van der Waals surface area contributed by atoms with Crippen LogP contribution in [-0.2, 0) is 38.4 Å². The number of nitrogens with one attached hydrogen (secondary N) is 5. The zero-order valence-electron chi connectivity index (χ0n) is 24.9. The standard InChI is InChI=1S/C32H40N8O5/c33-13-7-6-12-26(32(44)45)38-31(43)28(16-22-18-35-19-37-22)40-30(42)27(15-21-17-36-25-11-5-4-10-23(21)25)39-29(41)24(34)14-20-8-2-1-3-9-20/h1-5,8-11,17-19,24,26-28,36H,6-7,12-16,33-34H2,(H,35,37)(H,38,43)(H,39,41)(H,40,42)(H,44,45).